The second-order valence-corrected chi connectivity index (χ2v) is 7.69. The first-order valence-corrected chi connectivity index (χ1v) is 9.93. The van der Waals surface area contributed by atoms with Gasteiger partial charge in [0.2, 0.25) is 11.8 Å². The molecule has 0 aromatic heterocycles. The number of amides is 4. The number of aryl methyl sites for hydroxylation is 2. The number of nitrogens with one attached hydrogen (secondary N) is 2. The Morgan fingerprint density at radius 1 is 1.18 bits per heavy atom. The maximum Gasteiger partial charge on any atom is 0.321 e. The van der Waals surface area contributed by atoms with Crippen LogP contribution in [0.3, 0.4) is 0 Å². The molecule has 0 radical (unpaired) electrons. The fourth-order valence-corrected chi connectivity index (χ4v) is 3.57. The molecule has 0 unspecified atom stereocenters. The number of benzene rings is 1. The van der Waals surface area contributed by atoms with Gasteiger partial charge in [0.1, 0.15) is 0 Å². The van der Waals surface area contributed by atoms with Crippen molar-refractivity contribution in [2.75, 3.05) is 31.1 Å². The molecule has 1 saturated heterocycles. The molecular weight excluding hydrogens is 380 g/mol. The standard InChI is InChI=1S/C20H29ClN4O3/c1-13-10-17(11-14(2)19(13)21)25-9-8-24(12-15(25)3)18(27)6-5-7-22-20(28)23-16(4)26/h10-11,15H,5-9,12H2,1-4H3,(H2,22,23,26,28)/t15-/m0/s1. The van der Waals surface area contributed by atoms with E-state index in [0.29, 0.717) is 32.5 Å². The number of anilines is 1. The Morgan fingerprint density at radius 2 is 1.82 bits per heavy atom. The summed E-state index contributed by atoms with van der Waals surface area (Å²) in [4.78, 5) is 38.8. The molecule has 1 fully saturated rings. The minimum absolute atomic E-state index is 0.0868. The van der Waals surface area contributed by atoms with Gasteiger partial charge in [-0.3, -0.25) is 14.9 Å². The summed E-state index contributed by atoms with van der Waals surface area (Å²) in [6.07, 6.45) is 0.903. The van der Waals surface area contributed by atoms with Gasteiger partial charge < -0.3 is 15.1 Å². The lowest BCUT2D eigenvalue weighted by atomic mass is 10.1. The molecule has 1 heterocycles. The monoisotopic (exact) mass is 408 g/mol. The van der Waals surface area contributed by atoms with Gasteiger partial charge in [0.15, 0.2) is 0 Å². The summed E-state index contributed by atoms with van der Waals surface area (Å²) >= 11 is 6.28. The Labute approximate surface area is 171 Å². The number of carbonyl (C=O) groups excluding carboxylic acids is 3. The summed E-state index contributed by atoms with van der Waals surface area (Å²) in [5.74, 6) is -0.324. The molecule has 0 aliphatic carbocycles. The van der Waals surface area contributed by atoms with Gasteiger partial charge in [0, 0.05) is 56.3 Å². The molecule has 1 aromatic rings. The molecule has 1 aromatic carbocycles. The number of carbonyl (C=O) groups is 3. The second kappa shape index (κ2) is 9.78. The van der Waals surface area contributed by atoms with Crippen molar-refractivity contribution in [1.29, 1.82) is 0 Å². The number of piperazine rings is 1. The van der Waals surface area contributed by atoms with E-state index in [1.54, 1.807) is 0 Å². The topological polar surface area (TPSA) is 81.8 Å². The Bertz CT molecular complexity index is 730. The zero-order valence-corrected chi connectivity index (χ0v) is 17.7. The lowest BCUT2D eigenvalue weighted by Crippen LogP contribution is -2.53. The van der Waals surface area contributed by atoms with Gasteiger partial charge in [0.05, 0.1) is 0 Å². The minimum Gasteiger partial charge on any atom is -0.365 e. The van der Waals surface area contributed by atoms with Crippen LogP contribution in [0.4, 0.5) is 10.5 Å². The third-order valence-corrected chi connectivity index (χ3v) is 5.47. The number of nitrogens with zero attached hydrogens (tertiary/aromatic N) is 2. The lowest BCUT2D eigenvalue weighted by Gasteiger charge is -2.41. The number of halogens is 1. The molecule has 1 atom stereocenters. The predicted octanol–water partition coefficient (Wildman–Crippen LogP) is 2.62. The van der Waals surface area contributed by atoms with Crippen molar-refractivity contribution in [1.82, 2.24) is 15.5 Å². The van der Waals surface area contributed by atoms with Crippen LogP contribution in [0.5, 0.6) is 0 Å². The fourth-order valence-electron chi connectivity index (χ4n) is 3.46. The van der Waals surface area contributed by atoms with E-state index in [2.05, 4.69) is 34.6 Å². The molecule has 0 bridgehead atoms. The van der Waals surface area contributed by atoms with Crippen molar-refractivity contribution in [3.8, 4) is 0 Å². The number of hydrogen-bond donors (Lipinski definition) is 2. The quantitative estimate of drug-likeness (QED) is 0.734. The Morgan fingerprint density at radius 3 is 2.39 bits per heavy atom. The molecule has 28 heavy (non-hydrogen) atoms. The first-order valence-electron chi connectivity index (χ1n) is 9.55. The summed E-state index contributed by atoms with van der Waals surface area (Å²) in [5.41, 5.74) is 3.26. The molecule has 1 aliphatic heterocycles. The van der Waals surface area contributed by atoms with Crippen LogP contribution in [0.1, 0.15) is 37.8 Å². The molecule has 2 N–H and O–H groups in total. The van der Waals surface area contributed by atoms with Crippen molar-refractivity contribution in [2.24, 2.45) is 0 Å². The average molecular weight is 409 g/mol. The average Bonchev–Trinajstić information content (AvgIpc) is 2.62. The Kier molecular flexibility index (Phi) is 7.69. The molecule has 0 spiro atoms. The summed E-state index contributed by atoms with van der Waals surface area (Å²) in [6.45, 7) is 9.86. The predicted molar refractivity (Wildman–Crippen MR) is 111 cm³/mol. The minimum atomic E-state index is -0.532. The molecule has 4 amide bonds. The van der Waals surface area contributed by atoms with Crippen molar-refractivity contribution >= 4 is 35.1 Å². The number of imide groups is 1. The van der Waals surface area contributed by atoms with Crippen LogP contribution in [0.2, 0.25) is 5.02 Å². The van der Waals surface area contributed by atoms with Crippen molar-refractivity contribution in [2.45, 2.75) is 46.6 Å². The fraction of sp³-hybridized carbons (Fsp3) is 0.550. The van der Waals surface area contributed by atoms with Gasteiger partial charge in [-0.1, -0.05) is 11.6 Å². The van der Waals surface area contributed by atoms with E-state index in [9.17, 15) is 14.4 Å². The van der Waals surface area contributed by atoms with E-state index in [4.69, 9.17) is 11.6 Å². The maximum atomic E-state index is 12.5. The zero-order valence-electron chi connectivity index (χ0n) is 17.0. The smallest absolute Gasteiger partial charge is 0.321 e. The van der Waals surface area contributed by atoms with Gasteiger partial charge in [-0.15, -0.1) is 0 Å². The highest BCUT2D eigenvalue weighted by atomic mass is 35.5. The van der Waals surface area contributed by atoms with Crippen LogP contribution >= 0.6 is 11.6 Å². The zero-order chi connectivity index (χ0) is 20.8. The summed E-state index contributed by atoms with van der Waals surface area (Å²) in [7, 11) is 0. The summed E-state index contributed by atoms with van der Waals surface area (Å²) in [6, 6.07) is 3.87. The molecule has 1 aliphatic rings. The SMILES string of the molecule is CC(=O)NC(=O)NCCCC(=O)N1CCN(c2cc(C)c(Cl)c(C)c2)[C@@H](C)C1. The van der Waals surface area contributed by atoms with E-state index in [0.717, 1.165) is 28.4 Å². The number of hydrogen-bond acceptors (Lipinski definition) is 4. The number of urea groups is 1. The molecule has 2 rings (SSSR count). The van der Waals surface area contributed by atoms with Crippen molar-refractivity contribution in [3.05, 3.63) is 28.3 Å². The van der Waals surface area contributed by atoms with Crippen LogP contribution in [0.25, 0.3) is 0 Å². The van der Waals surface area contributed by atoms with Crippen LogP contribution in [-0.4, -0.2) is 55.0 Å². The Balaban J connectivity index is 1.82. The van der Waals surface area contributed by atoms with Crippen LogP contribution in [0.15, 0.2) is 12.1 Å². The van der Waals surface area contributed by atoms with Crippen LogP contribution < -0.4 is 15.5 Å². The van der Waals surface area contributed by atoms with Crippen molar-refractivity contribution in [3.63, 3.8) is 0 Å². The van der Waals surface area contributed by atoms with E-state index >= 15 is 0 Å². The first-order chi connectivity index (χ1) is 13.2. The first kappa shape index (κ1) is 22.0. The lowest BCUT2D eigenvalue weighted by molar-refractivity contribution is -0.132. The largest absolute Gasteiger partial charge is 0.365 e. The third kappa shape index (κ3) is 5.86. The van der Waals surface area contributed by atoms with Crippen LogP contribution in [-0.2, 0) is 9.59 Å². The molecule has 8 heteroatoms. The van der Waals surface area contributed by atoms with E-state index in [1.807, 2.05) is 18.7 Å². The van der Waals surface area contributed by atoms with Crippen LogP contribution in [0, 0.1) is 13.8 Å². The highest BCUT2D eigenvalue weighted by Crippen LogP contribution is 2.29. The van der Waals surface area contributed by atoms with E-state index in [1.165, 1.54) is 6.92 Å². The van der Waals surface area contributed by atoms with Gasteiger partial charge in [-0.2, -0.15) is 0 Å². The van der Waals surface area contributed by atoms with Gasteiger partial charge in [-0.05, 0) is 50.5 Å². The summed E-state index contributed by atoms with van der Waals surface area (Å²) < 4.78 is 0. The van der Waals surface area contributed by atoms with E-state index in [-0.39, 0.29) is 11.9 Å². The second-order valence-electron chi connectivity index (χ2n) is 7.32. The van der Waals surface area contributed by atoms with Gasteiger partial charge in [0.25, 0.3) is 0 Å². The van der Waals surface area contributed by atoms with E-state index < -0.39 is 11.9 Å². The number of rotatable bonds is 5. The van der Waals surface area contributed by atoms with Gasteiger partial charge in [-0.25, -0.2) is 4.79 Å². The molecule has 0 saturated carbocycles. The summed E-state index contributed by atoms with van der Waals surface area (Å²) in [5, 5.41) is 5.50. The third-order valence-electron chi connectivity index (χ3n) is 4.88. The molecule has 154 valence electrons. The Hall–Kier alpha value is -2.28. The highest BCUT2D eigenvalue weighted by molar-refractivity contribution is 6.32. The molecular formula is C20H29ClN4O3. The highest BCUT2D eigenvalue weighted by Gasteiger charge is 2.27. The maximum absolute atomic E-state index is 12.5. The normalized spacial score (nSPS) is 16.7. The van der Waals surface area contributed by atoms with Gasteiger partial charge >= 0.3 is 6.03 Å². The molecule has 7 nitrogen and oxygen atoms in total. The van der Waals surface area contributed by atoms with Crippen molar-refractivity contribution < 1.29 is 14.4 Å².